The molecule has 0 aromatic heterocycles. The molecule has 0 aliphatic heterocycles. The fraction of sp³-hybridized carbons (Fsp3) is 0.646. The standard InChI is InChI=1S/C65H106O6/c1-4-7-10-13-16-19-22-25-28-30-31-32-33-35-38-41-44-47-50-53-56-59-65(68)71-62(60-69-63(66)57-54-51-48-45-42-39-36-27-24-21-18-15-12-9-6-3)61-70-64(67)58-55-52-49-46-43-40-37-34-29-26-23-20-17-14-11-8-5-2/h8-9,11-12,17-18,20-21,25-29,36-37,40,42,45-46,49,62H,4-7,10,13-16,19,22-24,30-35,38-39,41,43-44,47-48,50-61H2,1-3H3/b11-8-,12-9-,20-17-,21-18-,28-25-,29-26-,36-27-,40-37-,45-42-,49-46-/t62-/m0/s1. The van der Waals surface area contributed by atoms with Crippen LogP contribution in [0.15, 0.2) is 122 Å². The van der Waals surface area contributed by atoms with Gasteiger partial charge < -0.3 is 14.2 Å². The molecule has 0 aromatic rings. The third kappa shape index (κ3) is 56.6. The number of hydrogen-bond donors (Lipinski definition) is 0. The molecule has 0 unspecified atom stereocenters. The molecular weight excluding hydrogens is 877 g/mol. The second-order valence-corrected chi connectivity index (χ2v) is 18.8. The van der Waals surface area contributed by atoms with Crippen LogP contribution in [0.5, 0.6) is 0 Å². The first-order chi connectivity index (χ1) is 35.0. The Hall–Kier alpha value is -4.19. The highest BCUT2D eigenvalue weighted by Gasteiger charge is 2.19. The van der Waals surface area contributed by atoms with E-state index >= 15 is 0 Å². The van der Waals surface area contributed by atoms with Crippen LogP contribution in [0.3, 0.4) is 0 Å². The first-order valence-electron chi connectivity index (χ1n) is 29.0. The Kier molecular flexibility index (Phi) is 54.9. The van der Waals surface area contributed by atoms with Crippen LogP contribution in [0.25, 0.3) is 0 Å². The molecule has 0 heterocycles. The monoisotopic (exact) mass is 983 g/mol. The van der Waals surface area contributed by atoms with Gasteiger partial charge >= 0.3 is 17.9 Å². The highest BCUT2D eigenvalue weighted by Crippen LogP contribution is 2.15. The van der Waals surface area contributed by atoms with Crippen LogP contribution >= 0.6 is 0 Å². The first-order valence-corrected chi connectivity index (χ1v) is 29.0. The molecule has 0 fully saturated rings. The Morgan fingerprint density at radius 1 is 0.296 bits per heavy atom. The Balaban J connectivity index is 4.50. The Morgan fingerprint density at radius 2 is 0.563 bits per heavy atom. The van der Waals surface area contributed by atoms with Crippen LogP contribution in [0.2, 0.25) is 0 Å². The Bertz CT molecular complexity index is 1500. The summed E-state index contributed by atoms with van der Waals surface area (Å²) in [6.07, 6.45) is 80.6. The van der Waals surface area contributed by atoms with Gasteiger partial charge in [-0.3, -0.25) is 14.4 Å². The zero-order chi connectivity index (χ0) is 51.4. The summed E-state index contributed by atoms with van der Waals surface area (Å²) in [6, 6.07) is 0. The van der Waals surface area contributed by atoms with E-state index in [0.717, 1.165) is 96.3 Å². The molecule has 6 heteroatoms. The van der Waals surface area contributed by atoms with Crippen LogP contribution in [0.4, 0.5) is 0 Å². The maximum atomic E-state index is 12.9. The molecule has 0 saturated heterocycles. The van der Waals surface area contributed by atoms with Crippen molar-refractivity contribution in [3.05, 3.63) is 122 Å². The van der Waals surface area contributed by atoms with Gasteiger partial charge in [-0.15, -0.1) is 0 Å². The van der Waals surface area contributed by atoms with Crippen molar-refractivity contribution in [2.45, 2.75) is 258 Å². The largest absolute Gasteiger partial charge is 0.462 e. The van der Waals surface area contributed by atoms with Crippen LogP contribution in [-0.2, 0) is 28.6 Å². The van der Waals surface area contributed by atoms with Crippen LogP contribution in [0.1, 0.15) is 252 Å². The second-order valence-electron chi connectivity index (χ2n) is 18.8. The number of ether oxygens (including phenoxy) is 3. The molecule has 1 atom stereocenters. The van der Waals surface area contributed by atoms with Crippen LogP contribution in [-0.4, -0.2) is 37.2 Å². The number of carbonyl (C=O) groups is 3. The second kappa shape index (κ2) is 58.4. The fourth-order valence-corrected chi connectivity index (χ4v) is 7.64. The van der Waals surface area contributed by atoms with Crippen molar-refractivity contribution in [3.63, 3.8) is 0 Å². The van der Waals surface area contributed by atoms with Crippen molar-refractivity contribution in [2.75, 3.05) is 13.2 Å². The van der Waals surface area contributed by atoms with Crippen molar-refractivity contribution < 1.29 is 28.6 Å². The molecule has 71 heavy (non-hydrogen) atoms. The Morgan fingerprint density at radius 3 is 0.958 bits per heavy atom. The maximum Gasteiger partial charge on any atom is 0.306 e. The lowest BCUT2D eigenvalue weighted by Crippen LogP contribution is -2.30. The molecule has 0 rings (SSSR count). The highest BCUT2D eigenvalue weighted by molar-refractivity contribution is 5.71. The van der Waals surface area contributed by atoms with Crippen molar-refractivity contribution in [2.24, 2.45) is 0 Å². The molecule has 6 nitrogen and oxygen atoms in total. The van der Waals surface area contributed by atoms with Gasteiger partial charge in [-0.1, -0.05) is 232 Å². The van der Waals surface area contributed by atoms with Gasteiger partial charge in [0.1, 0.15) is 13.2 Å². The van der Waals surface area contributed by atoms with Gasteiger partial charge in [-0.2, -0.15) is 0 Å². The summed E-state index contributed by atoms with van der Waals surface area (Å²) in [5, 5.41) is 0. The van der Waals surface area contributed by atoms with Gasteiger partial charge in [-0.05, 0) is 122 Å². The van der Waals surface area contributed by atoms with Crippen molar-refractivity contribution in [1.82, 2.24) is 0 Å². The number of rotatable bonds is 51. The SMILES string of the molecule is CC/C=C\C/C=C\C/C=C\C/C=C\C/C=C\CCCC(=O)OC[C@H](COC(=O)CCCC/C=C\C/C=C\C/C=C\C/C=C\CC)OC(=O)CCCCCCCCCCCCC/C=C\CCCCCCCC. The molecule has 0 amide bonds. The van der Waals surface area contributed by atoms with E-state index in [-0.39, 0.29) is 37.5 Å². The van der Waals surface area contributed by atoms with E-state index in [4.69, 9.17) is 14.2 Å². The fourth-order valence-electron chi connectivity index (χ4n) is 7.64. The minimum Gasteiger partial charge on any atom is -0.462 e. The quantitative estimate of drug-likeness (QED) is 0.0261. The zero-order valence-electron chi connectivity index (χ0n) is 45.9. The average molecular weight is 984 g/mol. The van der Waals surface area contributed by atoms with E-state index in [1.165, 1.54) is 103 Å². The van der Waals surface area contributed by atoms with Gasteiger partial charge in [0.25, 0.3) is 0 Å². The number of carbonyl (C=O) groups excluding carboxylic acids is 3. The van der Waals surface area contributed by atoms with Crippen molar-refractivity contribution >= 4 is 17.9 Å². The zero-order valence-corrected chi connectivity index (χ0v) is 45.9. The highest BCUT2D eigenvalue weighted by atomic mass is 16.6. The molecule has 0 saturated carbocycles. The maximum absolute atomic E-state index is 12.9. The molecule has 0 spiro atoms. The molecule has 0 N–H and O–H groups in total. The molecular formula is C65H106O6. The number of esters is 3. The predicted molar refractivity (Wildman–Crippen MR) is 306 cm³/mol. The minimum absolute atomic E-state index is 0.120. The minimum atomic E-state index is -0.822. The summed E-state index contributed by atoms with van der Waals surface area (Å²) < 4.78 is 16.8. The summed E-state index contributed by atoms with van der Waals surface area (Å²) >= 11 is 0. The molecule has 0 aromatic carbocycles. The third-order valence-corrected chi connectivity index (χ3v) is 11.9. The van der Waals surface area contributed by atoms with E-state index < -0.39 is 6.10 Å². The first kappa shape index (κ1) is 66.8. The lowest BCUT2D eigenvalue weighted by atomic mass is 10.0. The topological polar surface area (TPSA) is 78.9 Å². The summed E-state index contributed by atoms with van der Waals surface area (Å²) in [4.78, 5) is 38.2. The van der Waals surface area contributed by atoms with E-state index in [0.29, 0.717) is 25.7 Å². The summed E-state index contributed by atoms with van der Waals surface area (Å²) in [6.45, 7) is 6.32. The van der Waals surface area contributed by atoms with Crippen molar-refractivity contribution in [3.8, 4) is 0 Å². The van der Waals surface area contributed by atoms with Crippen molar-refractivity contribution in [1.29, 1.82) is 0 Å². The molecule has 0 aliphatic carbocycles. The number of unbranched alkanes of at least 4 members (excludes halogenated alkanes) is 20. The van der Waals surface area contributed by atoms with Gasteiger partial charge in [-0.25, -0.2) is 0 Å². The summed E-state index contributed by atoms with van der Waals surface area (Å²) in [7, 11) is 0. The summed E-state index contributed by atoms with van der Waals surface area (Å²) in [5.41, 5.74) is 0. The molecule has 0 bridgehead atoms. The Labute approximate surface area is 437 Å². The summed E-state index contributed by atoms with van der Waals surface area (Å²) in [5.74, 6) is -1.02. The lowest BCUT2D eigenvalue weighted by Gasteiger charge is -2.18. The van der Waals surface area contributed by atoms with Crippen LogP contribution < -0.4 is 0 Å². The average Bonchev–Trinajstić information content (AvgIpc) is 3.37. The lowest BCUT2D eigenvalue weighted by molar-refractivity contribution is -0.167. The molecule has 402 valence electrons. The van der Waals surface area contributed by atoms with E-state index in [1.807, 2.05) is 0 Å². The van der Waals surface area contributed by atoms with Gasteiger partial charge in [0.15, 0.2) is 6.10 Å². The molecule has 0 aliphatic rings. The van der Waals surface area contributed by atoms with E-state index in [9.17, 15) is 14.4 Å². The van der Waals surface area contributed by atoms with Gasteiger partial charge in [0.2, 0.25) is 0 Å². The van der Waals surface area contributed by atoms with Gasteiger partial charge in [0.05, 0.1) is 0 Å². The van der Waals surface area contributed by atoms with Gasteiger partial charge in [0, 0.05) is 19.3 Å². The van der Waals surface area contributed by atoms with E-state index in [2.05, 4.69) is 142 Å². The number of allylic oxidation sites excluding steroid dienone is 20. The smallest absolute Gasteiger partial charge is 0.306 e. The third-order valence-electron chi connectivity index (χ3n) is 11.9. The van der Waals surface area contributed by atoms with Crippen LogP contribution in [0, 0.1) is 0 Å². The van der Waals surface area contributed by atoms with E-state index in [1.54, 1.807) is 0 Å². The number of hydrogen-bond acceptors (Lipinski definition) is 6. The normalized spacial score (nSPS) is 13.0. The molecule has 0 radical (unpaired) electrons. The predicted octanol–water partition coefficient (Wildman–Crippen LogP) is 19.6.